The molecular formula is C21H24N2O5S2. The second-order valence-electron chi connectivity index (χ2n) is 7.67. The van der Waals surface area contributed by atoms with Crippen LogP contribution in [0.3, 0.4) is 0 Å². The molecule has 160 valence electrons. The fourth-order valence-electron chi connectivity index (χ4n) is 3.98. The van der Waals surface area contributed by atoms with E-state index in [-0.39, 0.29) is 29.4 Å². The number of anilines is 1. The summed E-state index contributed by atoms with van der Waals surface area (Å²) in [6.07, 6.45) is 4.15. The normalized spacial score (nSPS) is 19.7. The molecule has 4 rings (SSSR count). The molecule has 9 heteroatoms. The molecule has 1 fully saturated rings. The van der Waals surface area contributed by atoms with Gasteiger partial charge in [0.1, 0.15) is 10.8 Å². The van der Waals surface area contributed by atoms with Gasteiger partial charge in [0.05, 0.1) is 24.2 Å². The van der Waals surface area contributed by atoms with E-state index >= 15 is 0 Å². The van der Waals surface area contributed by atoms with Crippen molar-refractivity contribution in [2.45, 2.75) is 38.1 Å². The Morgan fingerprint density at radius 2 is 1.83 bits per heavy atom. The van der Waals surface area contributed by atoms with Crippen LogP contribution in [0.4, 0.5) is 5.00 Å². The number of carbonyl (C=O) groups excluding carboxylic acids is 2. The smallest absolute Gasteiger partial charge is 0.256 e. The van der Waals surface area contributed by atoms with Gasteiger partial charge in [-0.2, -0.15) is 0 Å². The first-order valence-electron chi connectivity index (χ1n) is 9.97. The number of hydrogen-bond acceptors (Lipinski definition) is 6. The minimum absolute atomic E-state index is 0.0292. The van der Waals surface area contributed by atoms with Crippen LogP contribution in [0.5, 0.6) is 5.75 Å². The molecule has 2 aromatic rings. The number of rotatable bonds is 5. The van der Waals surface area contributed by atoms with E-state index in [0.717, 1.165) is 36.1 Å². The number of hydrogen-bond donors (Lipinski definition) is 2. The summed E-state index contributed by atoms with van der Waals surface area (Å²) in [5, 5.41) is 6.31. The zero-order chi connectivity index (χ0) is 21.3. The van der Waals surface area contributed by atoms with Gasteiger partial charge in [0.15, 0.2) is 9.84 Å². The van der Waals surface area contributed by atoms with E-state index in [9.17, 15) is 18.0 Å². The zero-order valence-electron chi connectivity index (χ0n) is 16.7. The van der Waals surface area contributed by atoms with Gasteiger partial charge < -0.3 is 15.4 Å². The van der Waals surface area contributed by atoms with Gasteiger partial charge in [0.25, 0.3) is 11.8 Å². The Morgan fingerprint density at radius 1 is 1.10 bits per heavy atom. The topological polar surface area (TPSA) is 102 Å². The number of sulfone groups is 1. The summed E-state index contributed by atoms with van der Waals surface area (Å²) in [5.74, 6) is 0.124. The number of carbonyl (C=O) groups is 2. The highest BCUT2D eigenvalue weighted by molar-refractivity contribution is 7.91. The predicted molar refractivity (Wildman–Crippen MR) is 116 cm³/mol. The Morgan fingerprint density at radius 3 is 2.50 bits per heavy atom. The van der Waals surface area contributed by atoms with Gasteiger partial charge in [0.2, 0.25) is 0 Å². The van der Waals surface area contributed by atoms with Gasteiger partial charge in [-0.25, -0.2) is 8.42 Å². The summed E-state index contributed by atoms with van der Waals surface area (Å²) in [6.45, 7) is 0. The number of aryl methyl sites for hydroxylation is 1. The molecule has 0 bridgehead atoms. The van der Waals surface area contributed by atoms with E-state index in [1.54, 1.807) is 31.4 Å². The number of methoxy groups -OCH3 is 1. The fourth-order valence-corrected chi connectivity index (χ4v) is 6.93. The van der Waals surface area contributed by atoms with Crippen LogP contribution in [0.1, 0.15) is 50.4 Å². The van der Waals surface area contributed by atoms with E-state index in [2.05, 4.69) is 10.6 Å². The van der Waals surface area contributed by atoms with Crippen molar-refractivity contribution in [3.05, 3.63) is 45.8 Å². The molecule has 7 nitrogen and oxygen atoms in total. The summed E-state index contributed by atoms with van der Waals surface area (Å²) < 4.78 is 28.6. The first-order chi connectivity index (χ1) is 14.4. The molecule has 1 saturated heterocycles. The maximum absolute atomic E-state index is 13.1. The highest BCUT2D eigenvalue weighted by Crippen LogP contribution is 2.38. The van der Waals surface area contributed by atoms with Gasteiger partial charge in [0, 0.05) is 16.5 Å². The third-order valence-corrected chi connectivity index (χ3v) is 8.52. The third kappa shape index (κ3) is 4.37. The lowest BCUT2D eigenvalue weighted by Crippen LogP contribution is -2.36. The summed E-state index contributed by atoms with van der Waals surface area (Å²) in [6, 6.07) is 6.38. The standard InChI is InChI=1S/C21H24N2O5S2/c1-28-15-8-6-13(7-9-15)19(24)23-21-18(16-4-2-3-5-17(16)29-21)20(25)22-14-10-11-30(26,27)12-14/h6-9,14H,2-5,10-12H2,1H3,(H,22,25)(H,23,24)/t14-/m1/s1. The van der Waals surface area contributed by atoms with Crippen molar-refractivity contribution in [1.82, 2.24) is 5.32 Å². The quantitative estimate of drug-likeness (QED) is 0.732. The minimum Gasteiger partial charge on any atom is -0.497 e. The molecule has 1 aliphatic carbocycles. The molecule has 1 atom stereocenters. The van der Waals surface area contributed by atoms with Crippen molar-refractivity contribution in [2.75, 3.05) is 23.9 Å². The van der Waals surface area contributed by atoms with Crippen molar-refractivity contribution in [1.29, 1.82) is 0 Å². The van der Waals surface area contributed by atoms with Crippen molar-refractivity contribution in [3.8, 4) is 5.75 Å². The van der Waals surface area contributed by atoms with Crippen LogP contribution in [0, 0.1) is 0 Å². The molecule has 2 amide bonds. The maximum Gasteiger partial charge on any atom is 0.256 e. The Kier molecular flexibility index (Phi) is 5.84. The molecule has 2 N–H and O–H groups in total. The Bertz CT molecular complexity index is 1070. The van der Waals surface area contributed by atoms with E-state index in [0.29, 0.717) is 28.3 Å². The largest absolute Gasteiger partial charge is 0.497 e. The lowest BCUT2D eigenvalue weighted by atomic mass is 9.95. The summed E-state index contributed by atoms with van der Waals surface area (Å²) >= 11 is 1.44. The molecule has 1 aromatic heterocycles. The lowest BCUT2D eigenvalue weighted by Gasteiger charge is -2.15. The van der Waals surface area contributed by atoms with Crippen molar-refractivity contribution in [3.63, 3.8) is 0 Å². The predicted octanol–water partition coefficient (Wildman–Crippen LogP) is 2.80. The second kappa shape index (κ2) is 8.39. The molecule has 0 saturated carbocycles. The van der Waals surface area contributed by atoms with Gasteiger partial charge in [-0.05, 0) is 61.9 Å². The molecule has 2 heterocycles. The minimum atomic E-state index is -3.09. The van der Waals surface area contributed by atoms with Crippen LogP contribution in [0.25, 0.3) is 0 Å². The summed E-state index contributed by atoms with van der Waals surface area (Å²) in [4.78, 5) is 27.0. The molecule has 0 unspecified atom stereocenters. The van der Waals surface area contributed by atoms with E-state index < -0.39 is 9.84 Å². The van der Waals surface area contributed by atoms with Crippen LogP contribution >= 0.6 is 11.3 Å². The fraction of sp³-hybridized carbons (Fsp3) is 0.429. The van der Waals surface area contributed by atoms with E-state index in [4.69, 9.17) is 4.74 Å². The third-order valence-electron chi connectivity index (χ3n) is 5.55. The molecule has 0 radical (unpaired) electrons. The zero-order valence-corrected chi connectivity index (χ0v) is 18.3. The molecule has 0 spiro atoms. The van der Waals surface area contributed by atoms with Crippen LogP contribution in [0.2, 0.25) is 0 Å². The number of benzene rings is 1. The Hall–Kier alpha value is -2.39. The first kappa shape index (κ1) is 20.9. The number of amides is 2. The molecule has 1 aromatic carbocycles. The van der Waals surface area contributed by atoms with Crippen molar-refractivity contribution >= 4 is 38.0 Å². The lowest BCUT2D eigenvalue weighted by molar-refractivity contribution is 0.0941. The summed E-state index contributed by atoms with van der Waals surface area (Å²) in [7, 11) is -1.53. The van der Waals surface area contributed by atoms with Crippen LogP contribution in [-0.2, 0) is 22.7 Å². The van der Waals surface area contributed by atoms with Crippen LogP contribution in [0.15, 0.2) is 24.3 Å². The van der Waals surface area contributed by atoms with Crippen molar-refractivity contribution in [2.24, 2.45) is 0 Å². The van der Waals surface area contributed by atoms with Crippen LogP contribution in [-0.4, -0.2) is 44.9 Å². The van der Waals surface area contributed by atoms with Crippen LogP contribution < -0.4 is 15.4 Å². The van der Waals surface area contributed by atoms with E-state index in [1.807, 2.05) is 0 Å². The van der Waals surface area contributed by atoms with Gasteiger partial charge in [-0.1, -0.05) is 0 Å². The molecule has 1 aliphatic heterocycles. The Balaban J connectivity index is 1.58. The van der Waals surface area contributed by atoms with Gasteiger partial charge in [-0.3, -0.25) is 9.59 Å². The maximum atomic E-state index is 13.1. The van der Waals surface area contributed by atoms with Gasteiger partial charge in [-0.15, -0.1) is 11.3 Å². The Labute approximate surface area is 179 Å². The highest BCUT2D eigenvalue weighted by atomic mass is 32.2. The first-order valence-corrected chi connectivity index (χ1v) is 12.6. The summed E-state index contributed by atoms with van der Waals surface area (Å²) in [5.41, 5.74) is 1.94. The van der Waals surface area contributed by atoms with Gasteiger partial charge >= 0.3 is 0 Å². The average Bonchev–Trinajstić information content (AvgIpc) is 3.26. The van der Waals surface area contributed by atoms with Crippen molar-refractivity contribution < 1.29 is 22.7 Å². The molecule has 30 heavy (non-hydrogen) atoms. The monoisotopic (exact) mass is 448 g/mol. The van der Waals surface area contributed by atoms with E-state index in [1.165, 1.54) is 11.3 Å². The number of nitrogens with one attached hydrogen (secondary N) is 2. The number of thiophene rings is 1. The number of ether oxygens (including phenoxy) is 1. The average molecular weight is 449 g/mol. The highest BCUT2D eigenvalue weighted by Gasteiger charge is 2.32. The second-order valence-corrected chi connectivity index (χ2v) is 11.0. The molecular weight excluding hydrogens is 424 g/mol. The SMILES string of the molecule is COc1ccc(C(=O)Nc2sc3c(c2C(=O)N[C@@H]2CCS(=O)(=O)C2)CCCC3)cc1. The number of fused-ring (bicyclic) bond motifs is 1. The molecule has 2 aliphatic rings.